The van der Waals surface area contributed by atoms with Gasteiger partial charge in [-0.25, -0.2) is 4.98 Å². The summed E-state index contributed by atoms with van der Waals surface area (Å²) >= 11 is 0. The van der Waals surface area contributed by atoms with E-state index in [-0.39, 0.29) is 0 Å². The van der Waals surface area contributed by atoms with Crippen LogP contribution >= 0.6 is 0 Å². The van der Waals surface area contributed by atoms with E-state index in [1.165, 1.54) is 0 Å². The van der Waals surface area contributed by atoms with Crippen LogP contribution in [0, 0.1) is 0 Å². The molecule has 0 saturated heterocycles. The van der Waals surface area contributed by atoms with E-state index in [9.17, 15) is 0 Å². The topological polar surface area (TPSA) is 54.7 Å². The molecular weight excluding hydrogens is 144 g/mol. The maximum atomic E-state index is 8.49. The molecule has 0 unspecified atom stereocenters. The highest BCUT2D eigenvalue weighted by molar-refractivity contribution is 6.05. The van der Waals surface area contributed by atoms with Gasteiger partial charge in [-0.3, -0.25) is 0 Å². The minimum atomic E-state index is 0.308. The second kappa shape index (κ2) is 2.23. The van der Waals surface area contributed by atoms with E-state index >= 15 is 0 Å². The lowest BCUT2D eigenvalue weighted by atomic mass is 10.2. The number of hydrogen-bond donors (Lipinski definition) is 1. The number of ether oxygens (including phenoxy) is 1. The summed E-state index contributed by atoms with van der Waals surface area (Å²) in [5.74, 6) is 0.542. The van der Waals surface area contributed by atoms with E-state index in [1.807, 2.05) is 6.07 Å². The molecule has 2 heterocycles. The average molecular weight is 150 g/mol. The normalized spacial score (nSPS) is 18.0. The van der Waals surface area contributed by atoms with Gasteiger partial charge in [0.2, 0.25) is 5.88 Å². The zero-order chi connectivity index (χ0) is 7.68. The number of fused-ring (bicyclic) bond motifs is 1. The van der Waals surface area contributed by atoms with E-state index in [0.29, 0.717) is 18.2 Å². The van der Waals surface area contributed by atoms with Gasteiger partial charge in [0.05, 0.1) is 5.56 Å². The third-order valence-electron chi connectivity index (χ3n) is 1.55. The molecule has 2 rings (SSSR count). The Kier molecular flexibility index (Phi) is 1.25. The van der Waals surface area contributed by atoms with Crippen molar-refractivity contribution < 1.29 is 9.94 Å². The van der Waals surface area contributed by atoms with Gasteiger partial charge in [-0.05, 0) is 12.1 Å². The zero-order valence-electron chi connectivity index (χ0n) is 5.69. The van der Waals surface area contributed by atoms with Crippen molar-refractivity contribution in [3.63, 3.8) is 0 Å². The number of hydrogen-bond acceptors (Lipinski definition) is 4. The van der Waals surface area contributed by atoms with Gasteiger partial charge in [0.25, 0.3) is 0 Å². The van der Waals surface area contributed by atoms with Crippen LogP contribution in [0.1, 0.15) is 5.56 Å². The Labute approximate surface area is 63.1 Å². The van der Waals surface area contributed by atoms with Crippen LogP contribution in [0.25, 0.3) is 0 Å². The maximum absolute atomic E-state index is 8.49. The molecule has 0 aliphatic carbocycles. The first-order chi connectivity index (χ1) is 5.42. The summed E-state index contributed by atoms with van der Waals surface area (Å²) in [5, 5.41) is 11.6. The lowest BCUT2D eigenvalue weighted by Gasteiger charge is -1.91. The Hall–Kier alpha value is -1.58. The molecule has 0 atom stereocenters. The van der Waals surface area contributed by atoms with Gasteiger partial charge < -0.3 is 9.94 Å². The lowest BCUT2D eigenvalue weighted by Crippen LogP contribution is -2.01. The Balaban J connectivity index is 2.55. The van der Waals surface area contributed by atoms with Crippen molar-refractivity contribution in [2.75, 3.05) is 6.61 Å². The molecule has 0 aromatic carbocycles. The van der Waals surface area contributed by atoms with Gasteiger partial charge in [-0.1, -0.05) is 5.16 Å². The summed E-state index contributed by atoms with van der Waals surface area (Å²) in [6, 6.07) is 3.59. The molecular formula is C7H6N2O2. The van der Waals surface area contributed by atoms with E-state index < -0.39 is 0 Å². The summed E-state index contributed by atoms with van der Waals surface area (Å²) in [5.41, 5.74) is 1.31. The van der Waals surface area contributed by atoms with Crippen molar-refractivity contribution >= 4 is 5.71 Å². The molecule has 0 saturated carbocycles. The van der Waals surface area contributed by atoms with Crippen molar-refractivity contribution in [2.45, 2.75) is 0 Å². The molecule has 1 aromatic heterocycles. The maximum Gasteiger partial charge on any atom is 0.223 e. The van der Waals surface area contributed by atoms with E-state index in [2.05, 4.69) is 10.1 Å². The smallest absolute Gasteiger partial charge is 0.223 e. The van der Waals surface area contributed by atoms with Gasteiger partial charge in [-0.2, -0.15) is 0 Å². The highest BCUT2D eigenvalue weighted by Gasteiger charge is 2.19. The summed E-state index contributed by atoms with van der Waals surface area (Å²) in [4.78, 5) is 3.94. The van der Waals surface area contributed by atoms with Crippen molar-refractivity contribution in [1.82, 2.24) is 4.98 Å². The molecule has 4 heteroatoms. The van der Waals surface area contributed by atoms with Crippen molar-refractivity contribution in [1.29, 1.82) is 0 Å². The highest BCUT2D eigenvalue weighted by atomic mass is 16.5. The minimum Gasteiger partial charge on any atom is -0.471 e. The molecule has 0 amide bonds. The first kappa shape index (κ1) is 6.15. The monoisotopic (exact) mass is 150 g/mol. The van der Waals surface area contributed by atoms with Crippen LogP contribution in [-0.2, 0) is 0 Å². The van der Waals surface area contributed by atoms with E-state index in [1.54, 1.807) is 12.3 Å². The highest BCUT2D eigenvalue weighted by Crippen LogP contribution is 2.21. The van der Waals surface area contributed by atoms with Gasteiger partial charge in [-0.15, -0.1) is 0 Å². The van der Waals surface area contributed by atoms with Gasteiger partial charge in [0, 0.05) is 6.20 Å². The molecule has 1 N–H and O–H groups in total. The molecule has 0 radical (unpaired) electrons. The summed E-state index contributed by atoms with van der Waals surface area (Å²) < 4.78 is 5.10. The molecule has 0 spiro atoms. The fourth-order valence-corrected chi connectivity index (χ4v) is 1.02. The lowest BCUT2D eigenvalue weighted by molar-refractivity contribution is 0.312. The predicted octanol–water partition coefficient (Wildman–Crippen LogP) is 0.652. The first-order valence-corrected chi connectivity index (χ1v) is 3.21. The fraction of sp³-hybridized carbons (Fsp3) is 0.143. The van der Waals surface area contributed by atoms with Crippen LogP contribution < -0.4 is 4.74 Å². The first-order valence-electron chi connectivity index (χ1n) is 3.21. The van der Waals surface area contributed by atoms with Crippen LogP contribution in [-0.4, -0.2) is 22.5 Å². The Morgan fingerprint density at radius 1 is 1.64 bits per heavy atom. The summed E-state index contributed by atoms with van der Waals surface area (Å²) in [6.07, 6.45) is 1.64. The predicted molar refractivity (Wildman–Crippen MR) is 38.1 cm³/mol. The van der Waals surface area contributed by atoms with Gasteiger partial charge >= 0.3 is 0 Å². The van der Waals surface area contributed by atoms with Crippen molar-refractivity contribution in [3.8, 4) is 5.88 Å². The SMILES string of the molecule is ON=C1COc2ncccc21. The third-order valence-corrected chi connectivity index (χ3v) is 1.55. The molecule has 1 aliphatic heterocycles. The van der Waals surface area contributed by atoms with Crippen molar-refractivity contribution in [2.24, 2.45) is 5.16 Å². The van der Waals surface area contributed by atoms with Crippen LogP contribution in [0.3, 0.4) is 0 Å². The molecule has 11 heavy (non-hydrogen) atoms. The Bertz CT molecular complexity index is 309. The van der Waals surface area contributed by atoms with E-state index in [0.717, 1.165) is 5.56 Å². The largest absolute Gasteiger partial charge is 0.471 e. The molecule has 4 nitrogen and oxygen atoms in total. The Morgan fingerprint density at radius 3 is 3.36 bits per heavy atom. The van der Waals surface area contributed by atoms with Gasteiger partial charge in [0.1, 0.15) is 12.3 Å². The molecule has 1 aliphatic rings. The second-order valence-corrected chi connectivity index (χ2v) is 2.19. The van der Waals surface area contributed by atoms with Crippen LogP contribution in [0.5, 0.6) is 5.88 Å². The van der Waals surface area contributed by atoms with Gasteiger partial charge in [0.15, 0.2) is 0 Å². The van der Waals surface area contributed by atoms with Crippen LogP contribution in [0.15, 0.2) is 23.5 Å². The second-order valence-electron chi connectivity index (χ2n) is 2.19. The summed E-state index contributed by atoms with van der Waals surface area (Å²) in [6.45, 7) is 0.308. The van der Waals surface area contributed by atoms with E-state index in [4.69, 9.17) is 9.94 Å². The number of nitrogens with zero attached hydrogens (tertiary/aromatic N) is 2. The third kappa shape index (κ3) is 0.832. The van der Waals surface area contributed by atoms with Crippen LogP contribution in [0.2, 0.25) is 0 Å². The minimum absolute atomic E-state index is 0.308. The summed E-state index contributed by atoms with van der Waals surface area (Å²) in [7, 11) is 0. The van der Waals surface area contributed by atoms with Crippen LogP contribution in [0.4, 0.5) is 0 Å². The average Bonchev–Trinajstić information content (AvgIpc) is 2.47. The quantitative estimate of drug-likeness (QED) is 0.436. The Morgan fingerprint density at radius 2 is 2.55 bits per heavy atom. The molecule has 56 valence electrons. The number of aromatic nitrogens is 1. The molecule has 0 bridgehead atoms. The standard InChI is InChI=1S/C7H6N2O2/c10-9-6-4-11-7-5(6)2-1-3-8-7/h1-3,10H,4H2. The number of pyridine rings is 1. The zero-order valence-corrected chi connectivity index (χ0v) is 5.69. The van der Waals surface area contributed by atoms with Crippen molar-refractivity contribution in [3.05, 3.63) is 23.9 Å². The number of oxime groups is 1. The number of rotatable bonds is 0. The molecule has 1 aromatic rings. The fourth-order valence-electron chi connectivity index (χ4n) is 1.02. The molecule has 0 fully saturated rings.